The maximum absolute atomic E-state index is 12.1. The van der Waals surface area contributed by atoms with Crippen LogP contribution in [0.2, 0.25) is 0 Å². The number of hydrogen-bond donors (Lipinski definition) is 1. The number of benzene rings is 2. The Hall–Kier alpha value is -3.02. The molecule has 0 aromatic heterocycles. The molecule has 2 aromatic carbocycles. The van der Waals surface area contributed by atoms with Crippen molar-refractivity contribution >= 4 is 11.9 Å². The highest BCUT2D eigenvalue weighted by molar-refractivity contribution is 5.83. The van der Waals surface area contributed by atoms with Crippen LogP contribution in [0.25, 0.3) is 0 Å². The van der Waals surface area contributed by atoms with Gasteiger partial charge in [0.2, 0.25) is 0 Å². The molecule has 6 heteroatoms. The highest BCUT2D eigenvalue weighted by Gasteiger charge is 2.17. The van der Waals surface area contributed by atoms with E-state index in [0.717, 1.165) is 16.9 Å². The first-order chi connectivity index (χ1) is 13.5. The summed E-state index contributed by atoms with van der Waals surface area (Å²) in [5.74, 6) is 0.725. The first kappa shape index (κ1) is 21.3. The van der Waals surface area contributed by atoms with Crippen molar-refractivity contribution in [2.24, 2.45) is 0 Å². The number of esters is 1. The fourth-order valence-corrected chi connectivity index (χ4v) is 2.43. The number of aryl methyl sites for hydroxylation is 1. The second-order valence-corrected chi connectivity index (χ2v) is 6.46. The molecule has 0 bridgehead atoms. The first-order valence-corrected chi connectivity index (χ1v) is 9.27. The molecular formula is C22H27NO5. The second-order valence-electron chi connectivity index (χ2n) is 6.46. The third-order valence-corrected chi connectivity index (χ3v) is 4.12. The summed E-state index contributed by atoms with van der Waals surface area (Å²) in [5.41, 5.74) is 2.15. The van der Waals surface area contributed by atoms with Crippen molar-refractivity contribution in [1.29, 1.82) is 0 Å². The summed E-state index contributed by atoms with van der Waals surface area (Å²) in [4.78, 5) is 24.0. The van der Waals surface area contributed by atoms with E-state index in [0.29, 0.717) is 25.3 Å². The van der Waals surface area contributed by atoms with Gasteiger partial charge in [0.05, 0.1) is 13.7 Å². The molecule has 0 spiro atoms. The Bertz CT molecular complexity index is 756. The summed E-state index contributed by atoms with van der Waals surface area (Å²) in [6, 6.07) is 15.1. The average molecular weight is 385 g/mol. The van der Waals surface area contributed by atoms with Gasteiger partial charge in [-0.15, -0.1) is 0 Å². The molecule has 1 amide bonds. The summed E-state index contributed by atoms with van der Waals surface area (Å²) in [7, 11) is 1.60. The van der Waals surface area contributed by atoms with E-state index in [2.05, 4.69) is 5.32 Å². The second kappa shape index (κ2) is 11.0. The van der Waals surface area contributed by atoms with E-state index >= 15 is 0 Å². The van der Waals surface area contributed by atoms with Crippen LogP contribution in [0.15, 0.2) is 48.5 Å². The highest BCUT2D eigenvalue weighted by Crippen LogP contribution is 2.17. The van der Waals surface area contributed by atoms with Crippen LogP contribution in [-0.4, -0.2) is 31.7 Å². The predicted molar refractivity (Wildman–Crippen MR) is 106 cm³/mol. The van der Waals surface area contributed by atoms with E-state index in [1.54, 1.807) is 38.3 Å². The van der Waals surface area contributed by atoms with Gasteiger partial charge >= 0.3 is 5.97 Å². The molecule has 0 aliphatic rings. The molecule has 0 fully saturated rings. The lowest BCUT2D eigenvalue weighted by atomic mass is 10.1. The van der Waals surface area contributed by atoms with Gasteiger partial charge in [0.1, 0.15) is 11.5 Å². The Kier molecular flexibility index (Phi) is 8.34. The molecule has 0 aliphatic heterocycles. The number of carbonyl (C=O) groups excluding carboxylic acids is 2. The van der Waals surface area contributed by atoms with Crippen LogP contribution in [0.4, 0.5) is 0 Å². The normalized spacial score (nSPS) is 11.4. The summed E-state index contributed by atoms with van der Waals surface area (Å²) >= 11 is 0. The third-order valence-electron chi connectivity index (χ3n) is 4.12. The van der Waals surface area contributed by atoms with Gasteiger partial charge in [-0.25, -0.2) is 0 Å². The van der Waals surface area contributed by atoms with Gasteiger partial charge in [-0.3, -0.25) is 9.59 Å². The van der Waals surface area contributed by atoms with Gasteiger partial charge in [-0.05, 0) is 50.1 Å². The Labute approximate surface area is 165 Å². The van der Waals surface area contributed by atoms with Gasteiger partial charge in [-0.1, -0.05) is 29.8 Å². The first-order valence-electron chi connectivity index (χ1n) is 9.27. The van der Waals surface area contributed by atoms with Crippen molar-refractivity contribution in [3.05, 3.63) is 59.7 Å². The molecule has 0 saturated carbocycles. The number of methoxy groups -OCH3 is 1. The van der Waals surface area contributed by atoms with Crippen LogP contribution in [0, 0.1) is 6.92 Å². The van der Waals surface area contributed by atoms with Crippen LogP contribution in [0.3, 0.4) is 0 Å². The molecule has 1 N–H and O–H groups in total. The van der Waals surface area contributed by atoms with E-state index in [1.807, 2.05) is 31.2 Å². The molecule has 150 valence electrons. The quantitative estimate of drug-likeness (QED) is 0.501. The molecule has 2 aromatic rings. The molecule has 0 heterocycles. The molecule has 1 unspecified atom stereocenters. The Balaban J connectivity index is 1.62. The van der Waals surface area contributed by atoms with E-state index in [4.69, 9.17) is 14.2 Å². The molecule has 0 saturated heterocycles. The fourth-order valence-electron chi connectivity index (χ4n) is 2.43. The van der Waals surface area contributed by atoms with Gasteiger partial charge < -0.3 is 19.5 Å². The third kappa shape index (κ3) is 7.31. The van der Waals surface area contributed by atoms with Gasteiger partial charge in [-0.2, -0.15) is 0 Å². The lowest BCUT2D eigenvalue weighted by Crippen LogP contribution is -2.35. The standard InChI is InChI=1S/C22H27NO5/c1-16-6-8-18(9-7-16)15-23-22(25)17(2)28-21(24)5-4-14-27-20-12-10-19(26-3)11-13-20/h6-13,17H,4-5,14-15H2,1-3H3,(H,23,25). The molecule has 2 rings (SSSR count). The van der Waals surface area contributed by atoms with E-state index in [-0.39, 0.29) is 12.3 Å². The number of ether oxygens (including phenoxy) is 3. The molecule has 0 radical (unpaired) electrons. The van der Waals surface area contributed by atoms with Gasteiger partial charge in [0.25, 0.3) is 5.91 Å². The molecule has 28 heavy (non-hydrogen) atoms. The minimum absolute atomic E-state index is 0.186. The van der Waals surface area contributed by atoms with E-state index in [1.165, 1.54) is 0 Å². The monoisotopic (exact) mass is 385 g/mol. The van der Waals surface area contributed by atoms with Crippen molar-refractivity contribution in [2.75, 3.05) is 13.7 Å². The van der Waals surface area contributed by atoms with E-state index in [9.17, 15) is 9.59 Å². The number of amides is 1. The van der Waals surface area contributed by atoms with Crippen LogP contribution in [-0.2, 0) is 20.9 Å². The van der Waals surface area contributed by atoms with Crippen LogP contribution < -0.4 is 14.8 Å². The smallest absolute Gasteiger partial charge is 0.306 e. The molecule has 0 aliphatic carbocycles. The van der Waals surface area contributed by atoms with Gasteiger partial charge in [0, 0.05) is 13.0 Å². The molecule has 1 atom stereocenters. The molecular weight excluding hydrogens is 358 g/mol. The largest absolute Gasteiger partial charge is 0.497 e. The lowest BCUT2D eigenvalue weighted by molar-refractivity contribution is -0.155. The maximum atomic E-state index is 12.1. The van der Waals surface area contributed by atoms with Crippen molar-refractivity contribution < 1.29 is 23.8 Å². The zero-order valence-electron chi connectivity index (χ0n) is 16.6. The summed E-state index contributed by atoms with van der Waals surface area (Å²) in [5, 5.41) is 2.77. The predicted octanol–water partition coefficient (Wildman–Crippen LogP) is 3.41. The van der Waals surface area contributed by atoms with Crippen molar-refractivity contribution in [1.82, 2.24) is 5.32 Å². The molecule has 6 nitrogen and oxygen atoms in total. The maximum Gasteiger partial charge on any atom is 0.306 e. The number of hydrogen-bond acceptors (Lipinski definition) is 5. The SMILES string of the molecule is COc1ccc(OCCCC(=O)OC(C)C(=O)NCc2ccc(C)cc2)cc1. The zero-order chi connectivity index (χ0) is 20.4. The fraction of sp³-hybridized carbons (Fsp3) is 0.364. The average Bonchev–Trinajstić information content (AvgIpc) is 2.71. The zero-order valence-corrected chi connectivity index (χ0v) is 16.6. The van der Waals surface area contributed by atoms with Crippen LogP contribution in [0.1, 0.15) is 30.9 Å². The minimum Gasteiger partial charge on any atom is -0.497 e. The summed E-state index contributed by atoms with van der Waals surface area (Å²) in [6.45, 7) is 4.36. The number of carbonyl (C=O) groups is 2. The number of rotatable bonds is 10. The van der Waals surface area contributed by atoms with Crippen LogP contribution >= 0.6 is 0 Å². The summed E-state index contributed by atoms with van der Waals surface area (Å²) in [6.07, 6.45) is -0.144. The highest BCUT2D eigenvalue weighted by atomic mass is 16.5. The van der Waals surface area contributed by atoms with Crippen molar-refractivity contribution in [3.63, 3.8) is 0 Å². The summed E-state index contributed by atoms with van der Waals surface area (Å²) < 4.78 is 15.8. The van der Waals surface area contributed by atoms with E-state index < -0.39 is 12.1 Å². The van der Waals surface area contributed by atoms with Crippen molar-refractivity contribution in [3.8, 4) is 11.5 Å². The topological polar surface area (TPSA) is 73.9 Å². The lowest BCUT2D eigenvalue weighted by Gasteiger charge is -2.14. The Morgan fingerprint density at radius 1 is 1.00 bits per heavy atom. The number of nitrogens with one attached hydrogen (secondary N) is 1. The Morgan fingerprint density at radius 2 is 1.64 bits per heavy atom. The Morgan fingerprint density at radius 3 is 2.29 bits per heavy atom. The van der Waals surface area contributed by atoms with Crippen molar-refractivity contribution in [2.45, 2.75) is 39.3 Å². The minimum atomic E-state index is -0.833. The van der Waals surface area contributed by atoms with Gasteiger partial charge in [0.15, 0.2) is 6.10 Å². The van der Waals surface area contributed by atoms with Crippen LogP contribution in [0.5, 0.6) is 11.5 Å².